The number of aromatic nitrogens is 3. The van der Waals surface area contributed by atoms with Crippen LogP contribution in [0.2, 0.25) is 0 Å². The number of anilines is 1. The second-order valence-corrected chi connectivity index (χ2v) is 5.75. The van der Waals surface area contributed by atoms with Gasteiger partial charge in [-0.25, -0.2) is 4.79 Å². The van der Waals surface area contributed by atoms with Gasteiger partial charge in [0, 0.05) is 61.1 Å². The van der Waals surface area contributed by atoms with Crippen molar-refractivity contribution in [2.75, 3.05) is 31.1 Å². The van der Waals surface area contributed by atoms with Gasteiger partial charge >= 0.3 is 5.69 Å². The van der Waals surface area contributed by atoms with Crippen molar-refractivity contribution < 1.29 is 0 Å². The van der Waals surface area contributed by atoms with Crippen LogP contribution >= 0.6 is 0 Å². The molecule has 1 fully saturated rings. The molecule has 0 unspecified atom stereocenters. The molecule has 0 amide bonds. The van der Waals surface area contributed by atoms with Crippen LogP contribution in [0.15, 0.2) is 52.4 Å². The van der Waals surface area contributed by atoms with E-state index in [0.717, 1.165) is 42.6 Å². The molecule has 0 bridgehead atoms. The molecule has 0 radical (unpaired) electrons. The van der Waals surface area contributed by atoms with Crippen LogP contribution in [-0.4, -0.2) is 40.7 Å². The summed E-state index contributed by atoms with van der Waals surface area (Å²) in [6.45, 7) is 3.76. The Labute approximate surface area is 137 Å². The maximum Gasteiger partial charge on any atom is 0.332 e. The van der Waals surface area contributed by atoms with Crippen LogP contribution in [0.3, 0.4) is 0 Å². The normalized spacial score (nSPS) is 14.9. The van der Waals surface area contributed by atoms with Crippen molar-refractivity contribution in [2.24, 2.45) is 0 Å². The first kappa shape index (κ1) is 14.6. The minimum Gasteiger partial charge on any atom is -0.368 e. The number of aromatic amines is 1. The van der Waals surface area contributed by atoms with Gasteiger partial charge in [-0.15, -0.1) is 0 Å². The van der Waals surface area contributed by atoms with Gasteiger partial charge in [0.1, 0.15) is 0 Å². The molecule has 3 aromatic rings. The molecular formula is C17H17N5O2. The number of benzene rings is 1. The number of nitrogens with one attached hydrogen (secondary N) is 2. The Morgan fingerprint density at radius 3 is 2.58 bits per heavy atom. The van der Waals surface area contributed by atoms with E-state index in [9.17, 15) is 9.59 Å². The van der Waals surface area contributed by atoms with Gasteiger partial charge in [0.15, 0.2) is 0 Å². The Kier molecular flexibility index (Phi) is 3.62. The number of H-pyrrole nitrogens is 1. The fourth-order valence-electron chi connectivity index (χ4n) is 3.14. The van der Waals surface area contributed by atoms with E-state index in [-0.39, 0.29) is 0 Å². The Hall–Kier alpha value is -2.93. The van der Waals surface area contributed by atoms with Crippen molar-refractivity contribution in [2.45, 2.75) is 0 Å². The van der Waals surface area contributed by atoms with Gasteiger partial charge in [0.2, 0.25) is 0 Å². The largest absolute Gasteiger partial charge is 0.368 e. The lowest BCUT2D eigenvalue weighted by Gasteiger charge is -2.30. The summed E-state index contributed by atoms with van der Waals surface area (Å²) in [4.78, 5) is 32.4. The highest BCUT2D eigenvalue weighted by molar-refractivity contribution is 5.98. The minimum absolute atomic E-state index is 0.411. The van der Waals surface area contributed by atoms with Crippen LogP contribution in [0.4, 0.5) is 5.69 Å². The molecular weight excluding hydrogens is 306 g/mol. The molecule has 1 aromatic carbocycles. The topological polar surface area (TPSA) is 83.0 Å². The number of nitrogens with zero attached hydrogens (tertiary/aromatic N) is 3. The molecule has 2 N–H and O–H groups in total. The first-order chi connectivity index (χ1) is 11.7. The Bertz CT molecular complexity index is 1000. The monoisotopic (exact) mass is 323 g/mol. The van der Waals surface area contributed by atoms with Crippen molar-refractivity contribution in [3.8, 4) is 5.69 Å². The second kappa shape index (κ2) is 5.93. The van der Waals surface area contributed by atoms with E-state index in [1.807, 2.05) is 18.3 Å². The molecule has 2 aromatic heterocycles. The van der Waals surface area contributed by atoms with Gasteiger partial charge in [-0.3, -0.25) is 19.3 Å². The molecule has 3 heterocycles. The molecule has 1 aliphatic rings. The number of hydrogen-bond donors (Lipinski definition) is 2. The molecule has 0 saturated carbocycles. The van der Waals surface area contributed by atoms with Crippen LogP contribution in [-0.2, 0) is 0 Å². The molecule has 0 spiro atoms. The molecule has 1 saturated heterocycles. The molecule has 7 heteroatoms. The minimum atomic E-state index is -0.468. The number of hydrogen-bond acceptors (Lipinski definition) is 5. The number of piperazine rings is 1. The summed E-state index contributed by atoms with van der Waals surface area (Å²) < 4.78 is 1.41. The molecule has 1 aliphatic heterocycles. The van der Waals surface area contributed by atoms with Gasteiger partial charge < -0.3 is 10.2 Å². The quantitative estimate of drug-likeness (QED) is 0.717. The van der Waals surface area contributed by atoms with Crippen molar-refractivity contribution in [1.29, 1.82) is 0 Å². The summed E-state index contributed by atoms with van der Waals surface area (Å²) in [6.07, 6.45) is 4.95. The fourth-order valence-corrected chi connectivity index (χ4v) is 3.14. The third kappa shape index (κ3) is 2.48. The highest BCUT2D eigenvalue weighted by Gasteiger charge is 2.15. The van der Waals surface area contributed by atoms with Crippen LogP contribution in [0, 0.1) is 0 Å². The summed E-state index contributed by atoms with van der Waals surface area (Å²) in [5, 5.41) is 5.27. The SMILES string of the molecule is O=c1ccn(-c2cncc3c(N4CCNCC4)cccc23)c(=O)[nH]1. The van der Waals surface area contributed by atoms with Gasteiger partial charge in [-0.2, -0.15) is 0 Å². The Morgan fingerprint density at radius 2 is 1.79 bits per heavy atom. The average molecular weight is 323 g/mol. The van der Waals surface area contributed by atoms with Gasteiger partial charge in [-0.05, 0) is 6.07 Å². The van der Waals surface area contributed by atoms with E-state index in [1.165, 1.54) is 16.8 Å². The van der Waals surface area contributed by atoms with E-state index in [1.54, 1.807) is 6.20 Å². The zero-order valence-electron chi connectivity index (χ0n) is 13.0. The van der Waals surface area contributed by atoms with Crippen LogP contribution in [0.5, 0.6) is 0 Å². The highest BCUT2D eigenvalue weighted by atomic mass is 16.2. The first-order valence-electron chi connectivity index (χ1n) is 7.89. The van der Waals surface area contributed by atoms with Crippen LogP contribution < -0.4 is 21.5 Å². The van der Waals surface area contributed by atoms with Crippen LogP contribution in [0.1, 0.15) is 0 Å². The molecule has 122 valence electrons. The van der Waals surface area contributed by atoms with E-state index in [2.05, 4.69) is 26.3 Å². The maximum atomic E-state index is 12.1. The zero-order chi connectivity index (χ0) is 16.5. The van der Waals surface area contributed by atoms with E-state index >= 15 is 0 Å². The fraction of sp³-hybridized carbons (Fsp3) is 0.235. The van der Waals surface area contributed by atoms with Crippen molar-refractivity contribution >= 4 is 16.5 Å². The molecule has 7 nitrogen and oxygen atoms in total. The lowest BCUT2D eigenvalue weighted by molar-refractivity contribution is 0.590. The van der Waals surface area contributed by atoms with Gasteiger partial charge in [0.05, 0.1) is 11.9 Å². The molecule has 4 rings (SSSR count). The average Bonchev–Trinajstić information content (AvgIpc) is 2.62. The third-order valence-corrected chi connectivity index (χ3v) is 4.30. The van der Waals surface area contributed by atoms with E-state index in [4.69, 9.17) is 0 Å². The van der Waals surface area contributed by atoms with E-state index in [0.29, 0.717) is 5.69 Å². The lowest BCUT2D eigenvalue weighted by Crippen LogP contribution is -2.43. The smallest absolute Gasteiger partial charge is 0.332 e. The standard InChI is InChI=1S/C17H17N5O2/c23-16-4-7-22(17(24)20-16)15-11-19-10-13-12(15)2-1-3-14(13)21-8-5-18-6-9-21/h1-4,7,10-11,18H,5-6,8-9H2,(H,20,23,24). The molecule has 24 heavy (non-hydrogen) atoms. The van der Waals surface area contributed by atoms with Crippen molar-refractivity contribution in [1.82, 2.24) is 19.9 Å². The first-order valence-corrected chi connectivity index (χ1v) is 7.89. The van der Waals surface area contributed by atoms with Gasteiger partial charge in [0.25, 0.3) is 5.56 Å². The number of fused-ring (bicyclic) bond motifs is 1. The van der Waals surface area contributed by atoms with Crippen molar-refractivity contribution in [3.63, 3.8) is 0 Å². The third-order valence-electron chi connectivity index (χ3n) is 4.30. The predicted molar refractivity (Wildman–Crippen MR) is 93.0 cm³/mol. The summed E-state index contributed by atoms with van der Waals surface area (Å²) in [5.74, 6) is 0. The van der Waals surface area contributed by atoms with E-state index < -0.39 is 11.2 Å². The number of pyridine rings is 1. The Balaban J connectivity index is 1.92. The maximum absolute atomic E-state index is 12.1. The van der Waals surface area contributed by atoms with Crippen LogP contribution in [0.25, 0.3) is 16.5 Å². The zero-order valence-corrected chi connectivity index (χ0v) is 13.0. The summed E-state index contributed by atoms with van der Waals surface area (Å²) in [6, 6.07) is 7.37. The van der Waals surface area contributed by atoms with Gasteiger partial charge in [-0.1, -0.05) is 12.1 Å². The summed E-state index contributed by atoms with van der Waals surface area (Å²) in [7, 11) is 0. The lowest BCUT2D eigenvalue weighted by atomic mass is 10.1. The van der Waals surface area contributed by atoms with Crippen molar-refractivity contribution in [3.05, 3.63) is 63.7 Å². The highest BCUT2D eigenvalue weighted by Crippen LogP contribution is 2.29. The summed E-state index contributed by atoms with van der Waals surface area (Å²) in [5.41, 5.74) is 0.891. The second-order valence-electron chi connectivity index (χ2n) is 5.75. The predicted octanol–water partition coefficient (Wildman–Crippen LogP) is 0.484. The molecule has 0 atom stereocenters. The molecule has 0 aliphatic carbocycles. The summed E-state index contributed by atoms with van der Waals surface area (Å²) >= 11 is 0. The Morgan fingerprint density at radius 1 is 0.958 bits per heavy atom. The number of rotatable bonds is 2.